The predicted molar refractivity (Wildman–Crippen MR) is 97.0 cm³/mol. The van der Waals surface area contributed by atoms with Crippen LogP contribution in [0.15, 0.2) is 29.6 Å². The molecule has 0 bridgehead atoms. The van der Waals surface area contributed by atoms with Crippen molar-refractivity contribution in [3.8, 4) is 5.75 Å². The van der Waals surface area contributed by atoms with Crippen molar-refractivity contribution >= 4 is 28.3 Å². The number of benzene rings is 1. The molecule has 7 heteroatoms. The van der Waals surface area contributed by atoms with E-state index in [0.717, 1.165) is 17.7 Å². The molecule has 0 radical (unpaired) electrons. The largest absolute Gasteiger partial charge is 0.496 e. The molecule has 3 rings (SSSR count). The molecule has 0 spiro atoms. The Morgan fingerprint density at radius 2 is 2.24 bits per heavy atom. The molecular weight excluding hydrogens is 338 g/mol. The van der Waals surface area contributed by atoms with E-state index in [2.05, 4.69) is 10.3 Å². The molecule has 132 valence electrons. The van der Waals surface area contributed by atoms with Gasteiger partial charge in [-0.3, -0.25) is 14.5 Å². The highest BCUT2D eigenvalue weighted by Gasteiger charge is 2.24. The van der Waals surface area contributed by atoms with Crippen LogP contribution in [-0.4, -0.2) is 30.5 Å². The molecule has 1 unspecified atom stereocenters. The van der Waals surface area contributed by atoms with E-state index in [1.807, 2.05) is 36.6 Å². The second kappa shape index (κ2) is 7.65. The number of carbonyl (C=O) groups excluding carboxylic acids is 2. The zero-order chi connectivity index (χ0) is 17.8. The van der Waals surface area contributed by atoms with Crippen molar-refractivity contribution in [1.82, 2.24) is 10.3 Å². The van der Waals surface area contributed by atoms with Crippen molar-refractivity contribution in [2.24, 2.45) is 0 Å². The molecule has 2 heterocycles. The van der Waals surface area contributed by atoms with Gasteiger partial charge < -0.3 is 10.1 Å². The number of para-hydroxylation sites is 1. The molecule has 1 aliphatic heterocycles. The van der Waals surface area contributed by atoms with E-state index in [1.165, 1.54) is 11.3 Å². The van der Waals surface area contributed by atoms with Crippen molar-refractivity contribution < 1.29 is 14.3 Å². The molecule has 6 nitrogen and oxygen atoms in total. The van der Waals surface area contributed by atoms with E-state index in [4.69, 9.17) is 4.74 Å². The molecule has 1 fully saturated rings. The molecule has 2 aromatic rings. The monoisotopic (exact) mass is 359 g/mol. The van der Waals surface area contributed by atoms with E-state index in [0.29, 0.717) is 23.8 Å². The lowest BCUT2D eigenvalue weighted by atomic mass is 10.1. The fourth-order valence-corrected chi connectivity index (χ4v) is 3.78. The second-order valence-corrected chi connectivity index (χ2v) is 6.81. The van der Waals surface area contributed by atoms with Gasteiger partial charge in [-0.1, -0.05) is 18.2 Å². The molecule has 1 N–H and O–H groups in total. The van der Waals surface area contributed by atoms with Crippen LogP contribution < -0.4 is 15.0 Å². The third kappa shape index (κ3) is 3.99. The summed E-state index contributed by atoms with van der Waals surface area (Å²) in [6.45, 7) is 2.63. The fraction of sp³-hybridized carbons (Fsp3) is 0.389. The Labute approximate surface area is 150 Å². The Morgan fingerprint density at radius 3 is 2.96 bits per heavy atom. The lowest BCUT2D eigenvalue weighted by Crippen LogP contribution is -2.28. The molecule has 0 aliphatic carbocycles. The normalized spacial score (nSPS) is 15.3. The third-order valence-corrected chi connectivity index (χ3v) is 5.08. The summed E-state index contributed by atoms with van der Waals surface area (Å²) in [5.74, 6) is 0.747. The number of anilines is 1. The lowest BCUT2D eigenvalue weighted by Gasteiger charge is -2.17. The first-order valence-electron chi connectivity index (χ1n) is 8.25. The number of hydrogen-bond acceptors (Lipinski definition) is 5. The number of rotatable bonds is 6. The van der Waals surface area contributed by atoms with Crippen LogP contribution in [0.4, 0.5) is 5.13 Å². The van der Waals surface area contributed by atoms with Gasteiger partial charge in [0, 0.05) is 23.9 Å². The number of thiazole rings is 1. The quantitative estimate of drug-likeness (QED) is 0.861. The average Bonchev–Trinajstić information content (AvgIpc) is 3.23. The number of nitrogens with zero attached hydrogens (tertiary/aromatic N) is 2. The Hall–Kier alpha value is -2.41. The van der Waals surface area contributed by atoms with Crippen LogP contribution in [0.1, 0.15) is 37.1 Å². The van der Waals surface area contributed by atoms with Crippen LogP contribution in [-0.2, 0) is 16.0 Å². The number of amides is 2. The number of methoxy groups -OCH3 is 1. The van der Waals surface area contributed by atoms with Gasteiger partial charge in [-0.15, -0.1) is 11.3 Å². The molecule has 25 heavy (non-hydrogen) atoms. The highest BCUT2D eigenvalue weighted by Crippen LogP contribution is 2.26. The number of carbonyl (C=O) groups is 2. The first-order chi connectivity index (χ1) is 12.1. The summed E-state index contributed by atoms with van der Waals surface area (Å²) in [7, 11) is 1.61. The van der Waals surface area contributed by atoms with Gasteiger partial charge in [0.25, 0.3) is 0 Å². The first-order valence-corrected chi connectivity index (χ1v) is 9.13. The maximum atomic E-state index is 12.3. The minimum absolute atomic E-state index is 0.107. The van der Waals surface area contributed by atoms with Crippen molar-refractivity contribution in [2.45, 2.75) is 32.2 Å². The van der Waals surface area contributed by atoms with Crippen molar-refractivity contribution in [1.29, 1.82) is 0 Å². The van der Waals surface area contributed by atoms with E-state index in [1.54, 1.807) is 12.0 Å². The van der Waals surface area contributed by atoms with Gasteiger partial charge in [-0.2, -0.15) is 0 Å². The van der Waals surface area contributed by atoms with Gasteiger partial charge in [-0.25, -0.2) is 4.98 Å². The van der Waals surface area contributed by atoms with Crippen LogP contribution in [0.5, 0.6) is 5.75 Å². The summed E-state index contributed by atoms with van der Waals surface area (Å²) in [5.41, 5.74) is 1.62. The molecule has 1 atom stereocenters. The Kier molecular flexibility index (Phi) is 5.33. The number of aromatic nitrogens is 1. The number of nitrogens with one attached hydrogen (secondary N) is 1. The van der Waals surface area contributed by atoms with Crippen LogP contribution in [0.3, 0.4) is 0 Å². The highest BCUT2D eigenvalue weighted by atomic mass is 32.1. The van der Waals surface area contributed by atoms with Crippen molar-refractivity contribution in [2.75, 3.05) is 18.6 Å². The smallest absolute Gasteiger partial charge is 0.228 e. The summed E-state index contributed by atoms with van der Waals surface area (Å²) in [6.07, 6.45) is 1.63. The van der Waals surface area contributed by atoms with Gasteiger partial charge in [0.05, 0.1) is 25.3 Å². The Balaban J connectivity index is 1.61. The van der Waals surface area contributed by atoms with Gasteiger partial charge in [0.15, 0.2) is 5.13 Å². The minimum atomic E-state index is -0.165. The molecule has 2 amide bonds. The van der Waals surface area contributed by atoms with E-state index in [-0.39, 0.29) is 24.3 Å². The first kappa shape index (κ1) is 17.4. The molecule has 1 saturated heterocycles. The van der Waals surface area contributed by atoms with Crippen LogP contribution in [0.25, 0.3) is 0 Å². The predicted octanol–water partition coefficient (Wildman–Crippen LogP) is 2.70. The van der Waals surface area contributed by atoms with Crippen LogP contribution >= 0.6 is 11.3 Å². The molecule has 1 aromatic carbocycles. The van der Waals surface area contributed by atoms with Crippen LogP contribution in [0.2, 0.25) is 0 Å². The maximum absolute atomic E-state index is 12.3. The van der Waals surface area contributed by atoms with Crippen LogP contribution in [0, 0.1) is 0 Å². The number of ether oxygens (including phenoxy) is 1. The highest BCUT2D eigenvalue weighted by molar-refractivity contribution is 7.14. The summed E-state index contributed by atoms with van der Waals surface area (Å²) in [6, 6.07) is 7.46. The number of hydrogen-bond donors (Lipinski definition) is 1. The molecular formula is C18H21N3O3S. The van der Waals surface area contributed by atoms with Gasteiger partial charge >= 0.3 is 0 Å². The molecule has 1 aromatic heterocycles. The summed E-state index contributed by atoms with van der Waals surface area (Å²) < 4.78 is 5.34. The average molecular weight is 359 g/mol. The maximum Gasteiger partial charge on any atom is 0.228 e. The summed E-state index contributed by atoms with van der Waals surface area (Å²) in [4.78, 5) is 30.2. The Bertz CT molecular complexity index is 774. The Morgan fingerprint density at radius 1 is 1.44 bits per heavy atom. The topological polar surface area (TPSA) is 71.5 Å². The van der Waals surface area contributed by atoms with Gasteiger partial charge in [0.2, 0.25) is 11.8 Å². The third-order valence-electron chi connectivity index (χ3n) is 4.17. The van der Waals surface area contributed by atoms with Crippen molar-refractivity contribution in [3.63, 3.8) is 0 Å². The summed E-state index contributed by atoms with van der Waals surface area (Å²) in [5, 5.41) is 5.50. The lowest BCUT2D eigenvalue weighted by molar-refractivity contribution is -0.121. The summed E-state index contributed by atoms with van der Waals surface area (Å²) >= 11 is 1.41. The van der Waals surface area contributed by atoms with E-state index >= 15 is 0 Å². The second-order valence-electron chi connectivity index (χ2n) is 5.98. The van der Waals surface area contributed by atoms with Crippen molar-refractivity contribution in [3.05, 3.63) is 40.9 Å². The standard InChI is InChI=1S/C18H21N3O3S/c1-12(14-6-3-4-7-15(14)24-2)19-16(22)10-13-11-25-18(20-13)21-9-5-8-17(21)23/h3-4,6-7,11-12H,5,8-10H2,1-2H3,(H,19,22). The minimum Gasteiger partial charge on any atom is -0.496 e. The molecule has 0 saturated carbocycles. The fourth-order valence-electron chi connectivity index (χ4n) is 2.91. The SMILES string of the molecule is COc1ccccc1C(C)NC(=O)Cc1csc(N2CCCC2=O)n1. The van der Waals surface area contributed by atoms with E-state index < -0.39 is 0 Å². The van der Waals surface area contributed by atoms with E-state index in [9.17, 15) is 9.59 Å². The van der Waals surface area contributed by atoms with Gasteiger partial charge in [-0.05, 0) is 19.4 Å². The van der Waals surface area contributed by atoms with Gasteiger partial charge in [0.1, 0.15) is 5.75 Å². The zero-order valence-electron chi connectivity index (χ0n) is 14.3. The molecule has 1 aliphatic rings. The zero-order valence-corrected chi connectivity index (χ0v) is 15.1.